The van der Waals surface area contributed by atoms with Crippen LogP contribution in [0.4, 0.5) is 0 Å². The molecule has 1 saturated heterocycles. The number of amides is 2. The van der Waals surface area contributed by atoms with Gasteiger partial charge in [-0.15, -0.1) is 0 Å². The van der Waals surface area contributed by atoms with E-state index in [1.165, 1.54) is 4.90 Å². The molecule has 0 radical (unpaired) electrons. The van der Waals surface area contributed by atoms with Crippen molar-refractivity contribution in [2.75, 3.05) is 26.2 Å². The van der Waals surface area contributed by atoms with Gasteiger partial charge in [-0.3, -0.25) is 14.6 Å². The Balaban J connectivity index is 1.63. The van der Waals surface area contributed by atoms with Crippen molar-refractivity contribution in [3.63, 3.8) is 0 Å². The fraction of sp³-hybridized carbons (Fsp3) is 0.500. The Morgan fingerprint density at radius 3 is 2.83 bits per heavy atom. The van der Waals surface area contributed by atoms with Gasteiger partial charge in [-0.05, 0) is 49.0 Å². The van der Waals surface area contributed by atoms with Crippen LogP contribution in [0, 0.1) is 0 Å². The van der Waals surface area contributed by atoms with Gasteiger partial charge in [0, 0.05) is 32.0 Å². The third kappa shape index (κ3) is 3.82. The number of aliphatic hydroxyl groups excluding tert-OH is 1. The Morgan fingerprint density at radius 1 is 1.25 bits per heavy atom. The Morgan fingerprint density at radius 2 is 2.04 bits per heavy atom. The van der Waals surface area contributed by atoms with E-state index >= 15 is 0 Å². The molecular weight excluding hydrogens is 306 g/mol. The van der Waals surface area contributed by atoms with Crippen molar-refractivity contribution in [1.29, 1.82) is 0 Å². The van der Waals surface area contributed by atoms with Crippen LogP contribution in [0.25, 0.3) is 5.57 Å². The number of carbonyl (C=O) groups excluding carboxylic acids is 2. The first-order valence-electron chi connectivity index (χ1n) is 8.49. The summed E-state index contributed by atoms with van der Waals surface area (Å²) < 4.78 is 0. The average molecular weight is 329 g/mol. The molecule has 0 aromatic carbocycles. The topological polar surface area (TPSA) is 73.7 Å². The molecule has 1 fully saturated rings. The summed E-state index contributed by atoms with van der Waals surface area (Å²) in [5.41, 5.74) is 2.18. The van der Waals surface area contributed by atoms with E-state index in [1.54, 1.807) is 17.3 Å². The molecule has 6 heteroatoms. The van der Waals surface area contributed by atoms with Crippen LogP contribution in [0.5, 0.6) is 0 Å². The molecule has 6 nitrogen and oxygen atoms in total. The summed E-state index contributed by atoms with van der Waals surface area (Å²) in [5.74, 6) is -0.375. The first-order valence-corrected chi connectivity index (χ1v) is 8.49. The second kappa shape index (κ2) is 7.57. The van der Waals surface area contributed by atoms with Crippen molar-refractivity contribution in [3.05, 3.63) is 36.2 Å². The predicted molar refractivity (Wildman–Crippen MR) is 89.8 cm³/mol. The van der Waals surface area contributed by atoms with Crippen LogP contribution < -0.4 is 0 Å². The number of rotatable bonds is 3. The lowest BCUT2D eigenvalue weighted by Gasteiger charge is -2.30. The highest BCUT2D eigenvalue weighted by Gasteiger charge is 2.28. The molecule has 0 bridgehead atoms. The number of aromatic nitrogens is 1. The van der Waals surface area contributed by atoms with E-state index in [1.807, 2.05) is 12.1 Å². The van der Waals surface area contributed by atoms with Crippen LogP contribution in [0.3, 0.4) is 0 Å². The fourth-order valence-corrected chi connectivity index (χ4v) is 3.24. The molecule has 3 heterocycles. The van der Waals surface area contributed by atoms with E-state index in [0.717, 1.165) is 30.4 Å². The lowest BCUT2D eigenvalue weighted by Crippen LogP contribution is -2.46. The van der Waals surface area contributed by atoms with Gasteiger partial charge in [0.05, 0.1) is 6.54 Å². The van der Waals surface area contributed by atoms with Gasteiger partial charge in [-0.25, -0.2) is 0 Å². The van der Waals surface area contributed by atoms with Crippen molar-refractivity contribution in [1.82, 2.24) is 14.8 Å². The maximum absolute atomic E-state index is 12.6. The SMILES string of the molecule is O=C(CN1CCCCC(O)C1=O)N1CCC=C(c2ccncc2)C1. The molecule has 128 valence electrons. The summed E-state index contributed by atoms with van der Waals surface area (Å²) in [5, 5.41) is 9.81. The number of hydrogen-bond donors (Lipinski definition) is 1. The van der Waals surface area contributed by atoms with E-state index in [0.29, 0.717) is 26.1 Å². The summed E-state index contributed by atoms with van der Waals surface area (Å²) in [7, 11) is 0. The van der Waals surface area contributed by atoms with Crippen LogP contribution in [0.15, 0.2) is 30.6 Å². The zero-order valence-electron chi connectivity index (χ0n) is 13.7. The maximum Gasteiger partial charge on any atom is 0.251 e. The Kier molecular flexibility index (Phi) is 5.25. The molecule has 1 aromatic heterocycles. The smallest absolute Gasteiger partial charge is 0.251 e. The molecular formula is C18H23N3O3. The molecule has 0 spiro atoms. The van der Waals surface area contributed by atoms with E-state index in [2.05, 4.69) is 11.1 Å². The van der Waals surface area contributed by atoms with Crippen molar-refractivity contribution in [2.45, 2.75) is 31.8 Å². The standard InChI is InChI=1S/C18H23N3O3/c22-16-5-1-2-10-21(18(16)24)13-17(23)20-11-3-4-15(12-20)14-6-8-19-9-7-14/h4,6-9,16,22H,1-3,5,10-13H2. The number of pyridine rings is 1. The van der Waals surface area contributed by atoms with Crippen LogP contribution in [-0.4, -0.2) is 64.0 Å². The average Bonchev–Trinajstić information content (AvgIpc) is 2.78. The number of carbonyl (C=O) groups is 2. The first-order chi connectivity index (χ1) is 11.6. The number of nitrogens with zero attached hydrogens (tertiary/aromatic N) is 3. The zero-order valence-corrected chi connectivity index (χ0v) is 13.7. The van der Waals surface area contributed by atoms with Crippen molar-refractivity contribution < 1.29 is 14.7 Å². The molecule has 3 rings (SSSR count). The minimum atomic E-state index is -0.964. The summed E-state index contributed by atoms with van der Waals surface area (Å²) in [6.07, 6.45) is 7.62. The van der Waals surface area contributed by atoms with Crippen LogP contribution in [0.1, 0.15) is 31.2 Å². The predicted octanol–water partition coefficient (Wildman–Crippen LogP) is 1.07. The van der Waals surface area contributed by atoms with E-state index in [4.69, 9.17) is 0 Å². The number of likely N-dealkylation sites (tertiary alicyclic amines) is 1. The Hall–Kier alpha value is -2.21. The molecule has 1 N–H and O–H groups in total. The van der Waals surface area contributed by atoms with Crippen molar-refractivity contribution in [3.8, 4) is 0 Å². The molecule has 24 heavy (non-hydrogen) atoms. The van der Waals surface area contributed by atoms with E-state index in [-0.39, 0.29) is 18.4 Å². The monoisotopic (exact) mass is 329 g/mol. The summed E-state index contributed by atoms with van der Waals surface area (Å²) in [6.45, 7) is 1.81. The van der Waals surface area contributed by atoms with Gasteiger partial charge in [0.15, 0.2) is 0 Å². The lowest BCUT2D eigenvalue weighted by atomic mass is 10.0. The molecule has 2 aliphatic heterocycles. The molecule has 0 saturated carbocycles. The van der Waals surface area contributed by atoms with Gasteiger partial charge in [0.1, 0.15) is 6.10 Å². The molecule has 1 aromatic rings. The molecule has 2 aliphatic rings. The van der Waals surface area contributed by atoms with Crippen LogP contribution >= 0.6 is 0 Å². The third-order valence-electron chi connectivity index (χ3n) is 4.63. The molecule has 1 atom stereocenters. The number of hydrogen-bond acceptors (Lipinski definition) is 4. The van der Waals surface area contributed by atoms with Crippen molar-refractivity contribution >= 4 is 17.4 Å². The number of aliphatic hydroxyl groups is 1. The highest BCUT2D eigenvalue weighted by atomic mass is 16.3. The minimum absolute atomic E-state index is 0.0551. The second-order valence-corrected chi connectivity index (χ2v) is 6.34. The van der Waals surface area contributed by atoms with Crippen LogP contribution in [-0.2, 0) is 9.59 Å². The Bertz CT molecular complexity index is 630. The van der Waals surface area contributed by atoms with Crippen LogP contribution in [0.2, 0.25) is 0 Å². The molecule has 2 amide bonds. The largest absolute Gasteiger partial charge is 0.383 e. The van der Waals surface area contributed by atoms with Gasteiger partial charge in [-0.1, -0.05) is 6.08 Å². The first kappa shape index (κ1) is 16.6. The van der Waals surface area contributed by atoms with Gasteiger partial charge >= 0.3 is 0 Å². The molecule has 1 unspecified atom stereocenters. The van der Waals surface area contributed by atoms with E-state index < -0.39 is 6.10 Å². The molecule has 0 aliphatic carbocycles. The summed E-state index contributed by atoms with van der Waals surface area (Å²) in [6, 6.07) is 3.88. The lowest BCUT2D eigenvalue weighted by molar-refractivity contribution is -0.145. The quantitative estimate of drug-likeness (QED) is 0.900. The summed E-state index contributed by atoms with van der Waals surface area (Å²) >= 11 is 0. The van der Waals surface area contributed by atoms with Gasteiger partial charge < -0.3 is 14.9 Å². The van der Waals surface area contributed by atoms with Gasteiger partial charge in [0.2, 0.25) is 5.91 Å². The van der Waals surface area contributed by atoms with Gasteiger partial charge in [-0.2, -0.15) is 0 Å². The zero-order chi connectivity index (χ0) is 16.9. The summed E-state index contributed by atoms with van der Waals surface area (Å²) in [4.78, 5) is 32.1. The minimum Gasteiger partial charge on any atom is -0.383 e. The highest BCUT2D eigenvalue weighted by Crippen LogP contribution is 2.20. The normalized spacial score (nSPS) is 22.1. The Labute approximate surface area is 141 Å². The van der Waals surface area contributed by atoms with Crippen molar-refractivity contribution in [2.24, 2.45) is 0 Å². The second-order valence-electron chi connectivity index (χ2n) is 6.34. The fourth-order valence-electron chi connectivity index (χ4n) is 3.24. The third-order valence-corrected chi connectivity index (χ3v) is 4.63. The highest BCUT2D eigenvalue weighted by molar-refractivity contribution is 5.88. The maximum atomic E-state index is 12.6. The van der Waals surface area contributed by atoms with Gasteiger partial charge in [0.25, 0.3) is 5.91 Å². The van der Waals surface area contributed by atoms with E-state index in [9.17, 15) is 14.7 Å².